The molecular formula is C21H22N2O3S2. The van der Waals surface area contributed by atoms with Crippen molar-refractivity contribution >= 4 is 33.3 Å². The standard InChI is InChI=1S/C21H22N2O3S2/c24-20-18-16-8-4-5-9-17(16)28-19(18)22-21(23(20)14-6-2-1-3-7-14)27-12-15-10-11-25-13-26-15/h1-3,6-7,15H,4-5,8-13H2/t15-/m1/s1. The Morgan fingerprint density at radius 1 is 1.21 bits per heavy atom. The van der Waals surface area contributed by atoms with Gasteiger partial charge in [-0.3, -0.25) is 9.36 Å². The Morgan fingerprint density at radius 3 is 2.89 bits per heavy atom. The van der Waals surface area contributed by atoms with E-state index >= 15 is 0 Å². The number of aromatic nitrogens is 2. The SMILES string of the molecule is O=c1c2c3c(sc2nc(SC[C@H]2CCOCO2)n1-c1ccccc1)CCCC3. The van der Waals surface area contributed by atoms with Crippen LogP contribution in [0.4, 0.5) is 0 Å². The van der Waals surface area contributed by atoms with Crippen molar-refractivity contribution in [1.29, 1.82) is 0 Å². The quantitative estimate of drug-likeness (QED) is 0.473. The Morgan fingerprint density at radius 2 is 2.07 bits per heavy atom. The predicted octanol–water partition coefficient (Wildman–Crippen LogP) is 4.18. The molecule has 0 N–H and O–H groups in total. The Bertz CT molecular complexity index is 1040. The second-order valence-corrected chi connectivity index (χ2v) is 9.25. The van der Waals surface area contributed by atoms with Crippen LogP contribution in [0.5, 0.6) is 0 Å². The number of ether oxygens (including phenoxy) is 2. The van der Waals surface area contributed by atoms with Crippen molar-refractivity contribution in [3.63, 3.8) is 0 Å². The minimum Gasteiger partial charge on any atom is -0.355 e. The van der Waals surface area contributed by atoms with Gasteiger partial charge in [0.15, 0.2) is 5.16 Å². The van der Waals surface area contributed by atoms with Crippen molar-refractivity contribution in [2.45, 2.75) is 43.4 Å². The van der Waals surface area contributed by atoms with Crippen molar-refractivity contribution in [2.75, 3.05) is 19.2 Å². The molecule has 0 unspecified atom stereocenters. The molecule has 1 aliphatic heterocycles. The van der Waals surface area contributed by atoms with E-state index in [4.69, 9.17) is 14.5 Å². The molecular weight excluding hydrogens is 392 g/mol. The van der Waals surface area contributed by atoms with Crippen LogP contribution in [-0.2, 0) is 22.3 Å². The molecule has 0 amide bonds. The summed E-state index contributed by atoms with van der Waals surface area (Å²) in [7, 11) is 0. The van der Waals surface area contributed by atoms with E-state index in [1.165, 1.54) is 16.9 Å². The molecule has 2 aliphatic rings. The molecule has 5 nitrogen and oxygen atoms in total. The normalized spacial score (nSPS) is 19.6. The monoisotopic (exact) mass is 414 g/mol. The number of thioether (sulfide) groups is 1. The van der Waals surface area contributed by atoms with Gasteiger partial charge in [0.2, 0.25) is 0 Å². The topological polar surface area (TPSA) is 53.4 Å². The summed E-state index contributed by atoms with van der Waals surface area (Å²) < 4.78 is 12.7. The van der Waals surface area contributed by atoms with E-state index in [1.54, 1.807) is 27.7 Å². The Kier molecular flexibility index (Phi) is 5.24. The fourth-order valence-electron chi connectivity index (χ4n) is 3.89. The van der Waals surface area contributed by atoms with E-state index in [2.05, 4.69) is 0 Å². The van der Waals surface area contributed by atoms with Crippen LogP contribution in [0.1, 0.15) is 29.7 Å². The molecule has 0 spiro atoms. The van der Waals surface area contributed by atoms with Crippen LogP contribution in [0.25, 0.3) is 15.9 Å². The van der Waals surface area contributed by atoms with Crippen LogP contribution in [0, 0.1) is 0 Å². The van der Waals surface area contributed by atoms with Gasteiger partial charge in [0.25, 0.3) is 5.56 Å². The van der Waals surface area contributed by atoms with E-state index in [9.17, 15) is 4.79 Å². The van der Waals surface area contributed by atoms with Gasteiger partial charge in [-0.1, -0.05) is 30.0 Å². The Hall–Kier alpha value is -1.67. The highest BCUT2D eigenvalue weighted by atomic mass is 32.2. The first-order chi connectivity index (χ1) is 13.8. The number of thiophene rings is 1. The molecule has 5 rings (SSSR count). The van der Waals surface area contributed by atoms with Gasteiger partial charge in [-0.25, -0.2) is 4.98 Å². The number of fused-ring (bicyclic) bond motifs is 3. The fourth-order valence-corrected chi connectivity index (χ4v) is 6.27. The van der Waals surface area contributed by atoms with E-state index in [-0.39, 0.29) is 11.7 Å². The zero-order valence-corrected chi connectivity index (χ0v) is 17.2. The van der Waals surface area contributed by atoms with Gasteiger partial charge in [0.1, 0.15) is 11.6 Å². The van der Waals surface area contributed by atoms with Gasteiger partial charge in [-0.2, -0.15) is 0 Å². The number of para-hydroxylation sites is 1. The van der Waals surface area contributed by atoms with Crippen molar-refractivity contribution < 1.29 is 9.47 Å². The highest BCUT2D eigenvalue weighted by Crippen LogP contribution is 2.35. The van der Waals surface area contributed by atoms with Crippen LogP contribution >= 0.6 is 23.1 Å². The zero-order valence-electron chi connectivity index (χ0n) is 15.6. The van der Waals surface area contributed by atoms with Crippen LogP contribution in [0.3, 0.4) is 0 Å². The molecule has 2 aromatic heterocycles. The number of aryl methyl sites for hydroxylation is 2. The van der Waals surface area contributed by atoms with Crippen molar-refractivity contribution in [1.82, 2.24) is 9.55 Å². The summed E-state index contributed by atoms with van der Waals surface area (Å²) >= 11 is 3.31. The Balaban J connectivity index is 1.61. The molecule has 0 radical (unpaired) electrons. The summed E-state index contributed by atoms with van der Waals surface area (Å²) in [5.74, 6) is 0.763. The van der Waals surface area contributed by atoms with E-state index in [0.29, 0.717) is 6.79 Å². The van der Waals surface area contributed by atoms with Crippen LogP contribution < -0.4 is 5.56 Å². The second-order valence-electron chi connectivity index (χ2n) is 7.18. The molecule has 0 saturated carbocycles. The first kappa shape index (κ1) is 18.4. The van der Waals surface area contributed by atoms with Crippen molar-refractivity contribution in [3.8, 4) is 5.69 Å². The smallest absolute Gasteiger partial charge is 0.267 e. The third kappa shape index (κ3) is 3.41. The highest BCUT2D eigenvalue weighted by Gasteiger charge is 2.24. The lowest BCUT2D eigenvalue weighted by molar-refractivity contribution is -0.130. The summed E-state index contributed by atoms with van der Waals surface area (Å²) in [6.07, 6.45) is 5.42. The summed E-state index contributed by atoms with van der Waals surface area (Å²) in [4.78, 5) is 20.8. The highest BCUT2D eigenvalue weighted by molar-refractivity contribution is 7.99. The largest absolute Gasteiger partial charge is 0.355 e. The number of nitrogens with zero attached hydrogens (tertiary/aromatic N) is 2. The Labute approximate surface area is 171 Å². The summed E-state index contributed by atoms with van der Waals surface area (Å²) in [5, 5.41) is 1.58. The molecule has 7 heteroatoms. The summed E-state index contributed by atoms with van der Waals surface area (Å²) in [6, 6.07) is 9.84. The minimum absolute atomic E-state index is 0.0611. The van der Waals surface area contributed by atoms with Crippen LogP contribution in [-0.4, -0.2) is 34.8 Å². The molecule has 1 fully saturated rings. The van der Waals surface area contributed by atoms with Gasteiger partial charge < -0.3 is 9.47 Å². The maximum Gasteiger partial charge on any atom is 0.267 e. The maximum absolute atomic E-state index is 13.6. The lowest BCUT2D eigenvalue weighted by Gasteiger charge is -2.22. The molecule has 146 valence electrons. The van der Waals surface area contributed by atoms with E-state index < -0.39 is 0 Å². The van der Waals surface area contributed by atoms with Gasteiger partial charge in [-0.15, -0.1) is 11.3 Å². The van der Waals surface area contributed by atoms with Gasteiger partial charge >= 0.3 is 0 Å². The van der Waals surface area contributed by atoms with Gasteiger partial charge in [0, 0.05) is 10.6 Å². The molecule has 0 bridgehead atoms. The lowest BCUT2D eigenvalue weighted by atomic mass is 9.97. The third-order valence-electron chi connectivity index (χ3n) is 5.34. The molecule has 3 heterocycles. The number of hydrogen-bond acceptors (Lipinski definition) is 6. The predicted molar refractivity (Wildman–Crippen MR) is 113 cm³/mol. The summed E-state index contributed by atoms with van der Waals surface area (Å²) in [5.41, 5.74) is 2.16. The first-order valence-electron chi connectivity index (χ1n) is 9.76. The molecule has 1 aliphatic carbocycles. The van der Waals surface area contributed by atoms with Crippen LogP contribution in [0.15, 0.2) is 40.3 Å². The van der Waals surface area contributed by atoms with E-state index in [0.717, 1.165) is 59.1 Å². The van der Waals surface area contributed by atoms with Crippen molar-refractivity contribution in [3.05, 3.63) is 51.1 Å². The summed E-state index contributed by atoms with van der Waals surface area (Å²) in [6.45, 7) is 1.07. The third-order valence-corrected chi connectivity index (χ3v) is 7.60. The van der Waals surface area contributed by atoms with Crippen LogP contribution in [0.2, 0.25) is 0 Å². The minimum atomic E-state index is 0.0611. The second kappa shape index (κ2) is 7.99. The van der Waals surface area contributed by atoms with Gasteiger partial charge in [0.05, 0.1) is 23.8 Å². The average Bonchev–Trinajstić information content (AvgIpc) is 3.12. The van der Waals surface area contributed by atoms with E-state index in [1.807, 2.05) is 30.3 Å². The van der Waals surface area contributed by atoms with Crippen molar-refractivity contribution in [2.24, 2.45) is 0 Å². The fraction of sp³-hybridized carbons (Fsp3) is 0.429. The molecule has 1 saturated heterocycles. The molecule has 1 atom stereocenters. The maximum atomic E-state index is 13.6. The molecule has 28 heavy (non-hydrogen) atoms. The average molecular weight is 415 g/mol. The number of benzene rings is 1. The molecule has 1 aromatic carbocycles. The zero-order chi connectivity index (χ0) is 18.9. The lowest BCUT2D eigenvalue weighted by Crippen LogP contribution is -2.27. The number of hydrogen-bond donors (Lipinski definition) is 0. The number of rotatable bonds is 4. The molecule has 3 aromatic rings. The van der Waals surface area contributed by atoms with Gasteiger partial charge in [-0.05, 0) is 49.8 Å². The first-order valence-corrected chi connectivity index (χ1v) is 11.6.